The van der Waals surface area contributed by atoms with E-state index in [0.29, 0.717) is 25.6 Å². The first-order chi connectivity index (χ1) is 22.1. The molecule has 0 N–H and O–H groups in total. The minimum atomic E-state index is -0.851. The van der Waals surface area contributed by atoms with Gasteiger partial charge in [0.2, 0.25) is 6.29 Å². The van der Waals surface area contributed by atoms with Crippen molar-refractivity contribution >= 4 is 17.7 Å². The maximum atomic E-state index is 12.4. The highest BCUT2D eigenvalue weighted by molar-refractivity contribution is 7.99. The van der Waals surface area contributed by atoms with Crippen molar-refractivity contribution in [2.75, 3.05) is 19.5 Å². The molecule has 0 aromatic heterocycles. The first-order valence-corrected chi connectivity index (χ1v) is 16.1. The lowest BCUT2D eigenvalue weighted by Gasteiger charge is -2.45. The molecule has 0 unspecified atom stereocenters. The normalized spacial score (nSPS) is 21.2. The predicted molar refractivity (Wildman–Crippen MR) is 174 cm³/mol. The van der Waals surface area contributed by atoms with Crippen molar-refractivity contribution < 1.29 is 33.2 Å². The average molecular weight is 629 g/mol. The fourth-order valence-electron chi connectivity index (χ4n) is 5.23. The van der Waals surface area contributed by atoms with E-state index < -0.39 is 30.6 Å². The Morgan fingerprint density at radius 1 is 0.711 bits per heavy atom. The molecule has 1 fully saturated rings. The number of rotatable bonds is 15. The fourth-order valence-corrected chi connectivity index (χ4v) is 6.29. The second kappa shape index (κ2) is 17.1. The summed E-state index contributed by atoms with van der Waals surface area (Å²) in [5.74, 6) is 0.589. The van der Waals surface area contributed by atoms with Gasteiger partial charge in [-0.05, 0) is 41.0 Å². The van der Waals surface area contributed by atoms with E-state index in [-0.39, 0.29) is 12.5 Å². The van der Waals surface area contributed by atoms with E-state index in [9.17, 15) is 4.79 Å². The Hall–Kier alpha value is -3.66. The summed E-state index contributed by atoms with van der Waals surface area (Å²) in [5, 5.41) is 0. The van der Waals surface area contributed by atoms with Crippen LogP contribution in [0.5, 0.6) is 5.75 Å². The summed E-state index contributed by atoms with van der Waals surface area (Å²) in [6, 6.07) is 37.9. The summed E-state index contributed by atoms with van der Waals surface area (Å²) in [7, 11) is 1.65. The largest absolute Gasteiger partial charge is 0.497 e. The molecule has 236 valence electrons. The number of benzene rings is 4. The van der Waals surface area contributed by atoms with Crippen LogP contribution in [0.15, 0.2) is 120 Å². The van der Waals surface area contributed by atoms with Crippen LogP contribution in [0, 0.1) is 5.92 Å². The van der Waals surface area contributed by atoms with E-state index >= 15 is 0 Å². The zero-order valence-electron chi connectivity index (χ0n) is 25.7. The van der Waals surface area contributed by atoms with Crippen LogP contribution in [0.3, 0.4) is 0 Å². The van der Waals surface area contributed by atoms with Crippen LogP contribution in [0.25, 0.3) is 0 Å². The van der Waals surface area contributed by atoms with Crippen molar-refractivity contribution in [2.45, 2.75) is 56.2 Å². The molecule has 0 bridgehead atoms. The van der Waals surface area contributed by atoms with E-state index in [1.54, 1.807) is 18.9 Å². The first kappa shape index (κ1) is 32.7. The Kier molecular flexibility index (Phi) is 12.5. The van der Waals surface area contributed by atoms with Gasteiger partial charge in [-0.15, -0.1) is 11.8 Å². The molecule has 1 aliphatic rings. The highest BCUT2D eigenvalue weighted by Gasteiger charge is 2.49. The van der Waals surface area contributed by atoms with E-state index in [4.69, 9.17) is 28.4 Å². The highest BCUT2D eigenvalue weighted by atomic mass is 32.2. The van der Waals surface area contributed by atoms with Crippen molar-refractivity contribution in [3.8, 4) is 5.75 Å². The van der Waals surface area contributed by atoms with E-state index in [1.165, 1.54) is 6.92 Å². The SMILES string of the molecule is COc1ccc(SC[C@@H]2[C@@H](OC(C)=O)O[C@H](COCc3ccccc3)[C@@H](OCc3ccccc3)[C@@H]2OCc2ccccc2)cc1. The Bertz CT molecular complexity index is 1420. The highest BCUT2D eigenvalue weighted by Crippen LogP contribution is 2.37. The molecule has 8 heteroatoms. The quantitative estimate of drug-likeness (QED) is 0.102. The summed E-state index contributed by atoms with van der Waals surface area (Å²) >= 11 is 1.64. The van der Waals surface area contributed by atoms with Gasteiger partial charge >= 0.3 is 5.97 Å². The van der Waals surface area contributed by atoms with Crippen molar-refractivity contribution in [3.63, 3.8) is 0 Å². The molecule has 4 aromatic carbocycles. The first-order valence-electron chi connectivity index (χ1n) is 15.1. The molecule has 0 radical (unpaired) electrons. The molecular weight excluding hydrogens is 588 g/mol. The van der Waals surface area contributed by atoms with E-state index in [1.807, 2.05) is 115 Å². The molecule has 4 aromatic rings. The smallest absolute Gasteiger partial charge is 0.304 e. The Balaban J connectivity index is 1.42. The number of carbonyl (C=O) groups excluding carboxylic acids is 1. The zero-order valence-corrected chi connectivity index (χ0v) is 26.5. The Labute approximate surface area is 269 Å². The number of thioether (sulfide) groups is 1. The lowest BCUT2D eigenvalue weighted by molar-refractivity contribution is -0.293. The summed E-state index contributed by atoms with van der Waals surface area (Å²) in [6.45, 7) is 2.78. The minimum Gasteiger partial charge on any atom is -0.497 e. The van der Waals surface area contributed by atoms with Crippen molar-refractivity contribution in [1.29, 1.82) is 0 Å². The van der Waals surface area contributed by atoms with E-state index in [0.717, 1.165) is 27.3 Å². The van der Waals surface area contributed by atoms with Gasteiger partial charge in [0.1, 0.15) is 18.0 Å². The van der Waals surface area contributed by atoms with E-state index in [2.05, 4.69) is 0 Å². The van der Waals surface area contributed by atoms with Gasteiger partial charge in [-0.2, -0.15) is 0 Å². The topological polar surface area (TPSA) is 72.5 Å². The summed E-state index contributed by atoms with van der Waals surface area (Å²) in [5.41, 5.74) is 3.13. The molecule has 1 saturated heterocycles. The van der Waals surface area contributed by atoms with Crippen LogP contribution in [-0.4, -0.2) is 50.0 Å². The third-order valence-corrected chi connectivity index (χ3v) is 8.68. The lowest BCUT2D eigenvalue weighted by Crippen LogP contribution is -2.59. The van der Waals surface area contributed by atoms with Gasteiger partial charge in [-0.3, -0.25) is 4.79 Å². The van der Waals surface area contributed by atoms with Crippen molar-refractivity contribution in [3.05, 3.63) is 132 Å². The molecule has 0 saturated carbocycles. The Morgan fingerprint density at radius 3 is 1.78 bits per heavy atom. The Morgan fingerprint density at radius 2 is 1.24 bits per heavy atom. The summed E-state index contributed by atoms with van der Waals surface area (Å²) in [6.07, 6.45) is -2.37. The molecule has 7 nitrogen and oxygen atoms in total. The van der Waals surface area contributed by atoms with Crippen molar-refractivity contribution in [2.24, 2.45) is 5.92 Å². The van der Waals surface area contributed by atoms with Gasteiger partial charge in [-0.25, -0.2) is 0 Å². The van der Waals surface area contributed by atoms with Gasteiger partial charge in [0.05, 0.1) is 45.6 Å². The van der Waals surface area contributed by atoms with Crippen LogP contribution in [0.2, 0.25) is 0 Å². The third-order valence-electron chi connectivity index (χ3n) is 7.52. The van der Waals surface area contributed by atoms with Gasteiger partial charge in [0, 0.05) is 17.6 Å². The number of hydrogen-bond donors (Lipinski definition) is 0. The lowest BCUT2D eigenvalue weighted by atomic mass is 9.91. The molecule has 5 rings (SSSR count). The summed E-state index contributed by atoms with van der Waals surface area (Å²) in [4.78, 5) is 13.4. The van der Waals surface area contributed by atoms with Crippen LogP contribution in [0.1, 0.15) is 23.6 Å². The molecule has 0 aliphatic carbocycles. The predicted octanol–water partition coefficient (Wildman–Crippen LogP) is 7.08. The molecular formula is C37H40O7S. The number of carbonyl (C=O) groups is 1. The second-order valence-corrected chi connectivity index (χ2v) is 11.9. The third kappa shape index (κ3) is 9.91. The minimum absolute atomic E-state index is 0.232. The van der Waals surface area contributed by atoms with Crippen LogP contribution < -0.4 is 4.74 Å². The number of hydrogen-bond acceptors (Lipinski definition) is 8. The van der Waals surface area contributed by atoms with Crippen LogP contribution in [0.4, 0.5) is 0 Å². The summed E-state index contributed by atoms with van der Waals surface area (Å²) < 4.78 is 37.3. The van der Waals surface area contributed by atoms with Gasteiger partial charge < -0.3 is 28.4 Å². The zero-order chi connectivity index (χ0) is 31.3. The number of esters is 1. The van der Waals surface area contributed by atoms with Gasteiger partial charge in [-0.1, -0.05) is 91.0 Å². The molecule has 0 spiro atoms. The van der Waals surface area contributed by atoms with Gasteiger partial charge in [0.15, 0.2) is 0 Å². The van der Waals surface area contributed by atoms with Gasteiger partial charge in [0.25, 0.3) is 0 Å². The fraction of sp³-hybridized carbons (Fsp3) is 0.324. The average Bonchev–Trinajstić information content (AvgIpc) is 3.07. The van der Waals surface area contributed by atoms with Crippen molar-refractivity contribution in [1.82, 2.24) is 0 Å². The molecule has 1 heterocycles. The molecule has 1 aliphatic heterocycles. The van der Waals surface area contributed by atoms with Crippen LogP contribution >= 0.6 is 11.8 Å². The second-order valence-electron chi connectivity index (χ2n) is 10.8. The van der Waals surface area contributed by atoms with Crippen LogP contribution in [-0.2, 0) is 48.3 Å². The number of ether oxygens (including phenoxy) is 6. The molecule has 45 heavy (non-hydrogen) atoms. The monoisotopic (exact) mass is 628 g/mol. The number of methoxy groups -OCH3 is 1. The molecule has 5 atom stereocenters. The molecule has 0 amide bonds. The maximum absolute atomic E-state index is 12.4. The maximum Gasteiger partial charge on any atom is 0.304 e. The standard InChI is InChI=1S/C37H40O7S/c1-27(38)43-37-33(26-45-32-20-18-31(39-2)19-21-32)35(41-23-29-14-8-4-9-15-29)36(42-24-30-16-10-5-11-17-30)34(44-37)25-40-22-28-12-6-3-7-13-28/h3-21,33-37H,22-26H2,1-2H3/t33-,34+,35+,36+,37-/m0/s1.